The molecule has 1 aromatic heterocycles. The Morgan fingerprint density at radius 2 is 1.79 bits per heavy atom. The van der Waals surface area contributed by atoms with Gasteiger partial charge in [-0.3, -0.25) is 0 Å². The molecule has 2 aliphatic rings. The van der Waals surface area contributed by atoms with Crippen LogP contribution >= 0.6 is 0 Å². The average Bonchev–Trinajstić information content (AvgIpc) is 3.35. The van der Waals surface area contributed by atoms with Crippen molar-refractivity contribution in [3.8, 4) is 17.2 Å². The van der Waals surface area contributed by atoms with Crippen molar-refractivity contribution in [3.63, 3.8) is 0 Å². The van der Waals surface area contributed by atoms with Gasteiger partial charge in [-0.1, -0.05) is 42.5 Å². The summed E-state index contributed by atoms with van der Waals surface area (Å²) in [6, 6.07) is 23.8. The van der Waals surface area contributed by atoms with E-state index in [2.05, 4.69) is 27.5 Å². The summed E-state index contributed by atoms with van der Waals surface area (Å²) in [7, 11) is 3.35. The summed E-state index contributed by atoms with van der Waals surface area (Å²) in [6.07, 6.45) is 1.17. The van der Waals surface area contributed by atoms with Gasteiger partial charge in [-0.2, -0.15) is 10.1 Å². The topological polar surface area (TPSA) is 70.4 Å². The minimum atomic E-state index is -0.396. The normalized spacial score (nSPS) is 18.4. The molecule has 33 heavy (non-hydrogen) atoms. The van der Waals surface area contributed by atoms with Crippen LogP contribution < -0.4 is 19.5 Å². The molecule has 0 radical (unpaired) electrons. The van der Waals surface area contributed by atoms with Gasteiger partial charge in [-0.25, -0.2) is 4.68 Å². The molecule has 3 aromatic carbocycles. The van der Waals surface area contributed by atoms with E-state index in [1.54, 1.807) is 20.5 Å². The lowest BCUT2D eigenvalue weighted by Gasteiger charge is -2.39. The van der Waals surface area contributed by atoms with Crippen LogP contribution in [0.1, 0.15) is 28.8 Å². The van der Waals surface area contributed by atoms with Crippen molar-refractivity contribution in [2.45, 2.75) is 12.1 Å². The molecule has 2 aliphatic heterocycles. The number of aromatic nitrogens is 3. The van der Waals surface area contributed by atoms with Crippen LogP contribution in [-0.4, -0.2) is 29.0 Å². The van der Waals surface area contributed by atoms with Gasteiger partial charge in [0, 0.05) is 16.7 Å². The first kappa shape index (κ1) is 19.4. The molecule has 164 valence electrons. The fourth-order valence-corrected chi connectivity index (χ4v) is 4.69. The van der Waals surface area contributed by atoms with Crippen LogP contribution in [0.2, 0.25) is 0 Å². The molecule has 0 saturated heterocycles. The van der Waals surface area contributed by atoms with Crippen LogP contribution in [0.25, 0.3) is 5.70 Å². The van der Waals surface area contributed by atoms with E-state index in [0.29, 0.717) is 5.95 Å². The van der Waals surface area contributed by atoms with Gasteiger partial charge >= 0.3 is 0 Å². The Morgan fingerprint density at radius 3 is 2.67 bits per heavy atom. The molecule has 6 rings (SSSR count). The minimum absolute atomic E-state index is 0.253. The Labute approximate surface area is 191 Å². The number of benzene rings is 3. The predicted molar refractivity (Wildman–Crippen MR) is 125 cm³/mol. The highest BCUT2D eigenvalue weighted by Crippen LogP contribution is 2.51. The van der Waals surface area contributed by atoms with Gasteiger partial charge in [0.2, 0.25) is 5.95 Å². The Bertz CT molecular complexity index is 1380. The summed E-state index contributed by atoms with van der Waals surface area (Å²) in [4.78, 5) is 4.48. The second-order valence-electron chi connectivity index (χ2n) is 7.90. The first-order valence-corrected chi connectivity index (χ1v) is 10.7. The summed E-state index contributed by atoms with van der Waals surface area (Å²) in [5, 5.41) is 8.09. The summed E-state index contributed by atoms with van der Waals surface area (Å²) in [5.41, 5.74) is 4.96. The maximum Gasteiger partial charge on any atom is 0.226 e. The quantitative estimate of drug-likeness (QED) is 0.491. The van der Waals surface area contributed by atoms with Crippen LogP contribution in [-0.2, 0) is 0 Å². The van der Waals surface area contributed by atoms with Gasteiger partial charge < -0.3 is 19.5 Å². The molecule has 7 nitrogen and oxygen atoms in total. The number of anilines is 1. The van der Waals surface area contributed by atoms with Gasteiger partial charge in [0.1, 0.15) is 29.6 Å². The number of ether oxygens (including phenoxy) is 3. The number of methoxy groups -OCH3 is 2. The van der Waals surface area contributed by atoms with Crippen molar-refractivity contribution >= 4 is 11.6 Å². The molecule has 0 fully saturated rings. The highest BCUT2D eigenvalue weighted by Gasteiger charge is 2.41. The molecule has 3 heterocycles. The van der Waals surface area contributed by atoms with E-state index in [1.165, 1.54) is 0 Å². The smallest absolute Gasteiger partial charge is 0.226 e. The average molecular weight is 438 g/mol. The van der Waals surface area contributed by atoms with Gasteiger partial charge in [-0.05, 0) is 35.9 Å². The summed E-state index contributed by atoms with van der Waals surface area (Å²) >= 11 is 0. The number of hydrogen-bond donors (Lipinski definition) is 1. The Morgan fingerprint density at radius 1 is 0.939 bits per heavy atom. The van der Waals surface area contributed by atoms with Gasteiger partial charge in [-0.15, -0.1) is 0 Å². The molecule has 0 saturated carbocycles. The third-order valence-electron chi connectivity index (χ3n) is 6.15. The highest BCUT2D eigenvalue weighted by molar-refractivity contribution is 5.85. The number of nitrogens with one attached hydrogen (secondary N) is 1. The van der Waals surface area contributed by atoms with E-state index < -0.39 is 6.10 Å². The lowest BCUT2D eigenvalue weighted by molar-refractivity contribution is 0.217. The van der Waals surface area contributed by atoms with E-state index >= 15 is 0 Å². The summed E-state index contributed by atoms with van der Waals surface area (Å²) in [6.45, 7) is 0. The Kier molecular flexibility index (Phi) is 4.54. The number of rotatable bonds is 4. The molecule has 4 aromatic rings. The van der Waals surface area contributed by atoms with Crippen LogP contribution in [0.4, 0.5) is 5.95 Å². The molecule has 0 amide bonds. The number of fused-ring (bicyclic) bond motifs is 3. The van der Waals surface area contributed by atoms with E-state index in [1.807, 2.05) is 65.3 Å². The number of hydrogen-bond acceptors (Lipinski definition) is 6. The molecule has 1 N–H and O–H groups in total. The van der Waals surface area contributed by atoms with Crippen LogP contribution in [0.15, 0.2) is 84.7 Å². The van der Waals surface area contributed by atoms with Gasteiger partial charge in [0.05, 0.1) is 19.9 Å². The largest absolute Gasteiger partial charge is 0.497 e. The Balaban J connectivity index is 1.64. The second-order valence-corrected chi connectivity index (χ2v) is 7.90. The third kappa shape index (κ3) is 3.04. The van der Waals surface area contributed by atoms with Crippen molar-refractivity contribution in [1.29, 1.82) is 0 Å². The predicted octanol–water partition coefficient (Wildman–Crippen LogP) is 4.86. The summed E-state index contributed by atoms with van der Waals surface area (Å²) < 4.78 is 19.8. The highest BCUT2D eigenvalue weighted by atomic mass is 16.5. The van der Waals surface area contributed by atoms with Crippen molar-refractivity contribution in [3.05, 3.63) is 101 Å². The molecule has 0 bridgehead atoms. The van der Waals surface area contributed by atoms with E-state index in [4.69, 9.17) is 14.2 Å². The lowest BCUT2D eigenvalue weighted by Crippen LogP contribution is -2.32. The summed E-state index contributed by atoms with van der Waals surface area (Å²) in [5.74, 6) is 3.03. The fraction of sp³-hybridized carbons (Fsp3) is 0.154. The first-order chi connectivity index (χ1) is 16.3. The molecule has 0 spiro atoms. The molecular weight excluding hydrogens is 416 g/mol. The zero-order valence-corrected chi connectivity index (χ0v) is 18.2. The molecule has 0 aliphatic carbocycles. The number of nitrogens with zero attached hydrogens (tertiary/aromatic N) is 3. The van der Waals surface area contributed by atoms with E-state index in [9.17, 15) is 0 Å². The zero-order chi connectivity index (χ0) is 22.4. The molecule has 0 unspecified atom stereocenters. The monoisotopic (exact) mass is 438 g/mol. The molecular formula is C26H22N4O3. The van der Waals surface area contributed by atoms with Crippen molar-refractivity contribution < 1.29 is 14.2 Å². The second kappa shape index (κ2) is 7.70. The molecule has 7 heteroatoms. The van der Waals surface area contributed by atoms with Gasteiger partial charge in [0.15, 0.2) is 6.10 Å². The maximum absolute atomic E-state index is 6.66. The minimum Gasteiger partial charge on any atom is -0.497 e. The third-order valence-corrected chi connectivity index (χ3v) is 6.15. The fourth-order valence-electron chi connectivity index (χ4n) is 4.69. The van der Waals surface area contributed by atoms with Crippen LogP contribution in [0.3, 0.4) is 0 Å². The Hall–Kier alpha value is -4.26. The van der Waals surface area contributed by atoms with E-state index in [-0.39, 0.29) is 6.04 Å². The molecule has 2 atom stereocenters. The maximum atomic E-state index is 6.66. The van der Waals surface area contributed by atoms with Crippen molar-refractivity contribution in [2.24, 2.45) is 0 Å². The standard InChI is InChI=1S/C26H22N4O3/c1-31-17-9-7-8-16(14-17)24-22-23(29-26-27-15-28-30(24)26)18-10-3-6-13-21(18)33-25(22)19-11-4-5-12-20(19)32-2/h3-15,24-25H,1-2H3,(H,27,28,29)/t24-,25+/m1/s1. The van der Waals surface area contributed by atoms with E-state index in [0.717, 1.165) is 45.2 Å². The van der Waals surface area contributed by atoms with Crippen molar-refractivity contribution in [1.82, 2.24) is 14.8 Å². The van der Waals surface area contributed by atoms with Crippen LogP contribution in [0.5, 0.6) is 17.2 Å². The zero-order valence-electron chi connectivity index (χ0n) is 18.2. The lowest BCUT2D eigenvalue weighted by atomic mass is 9.84. The van der Waals surface area contributed by atoms with Crippen LogP contribution in [0, 0.1) is 0 Å². The first-order valence-electron chi connectivity index (χ1n) is 10.7. The number of para-hydroxylation sites is 2. The van der Waals surface area contributed by atoms with Crippen molar-refractivity contribution in [2.75, 3.05) is 19.5 Å². The SMILES string of the molecule is COc1cccc([C@@H]2C3=C(Nc4ncnn42)c2ccccc2O[C@H]3c2ccccc2OC)c1. The van der Waals surface area contributed by atoms with Gasteiger partial charge in [0.25, 0.3) is 0 Å².